The number of nitrogens with one attached hydrogen (secondary N) is 1. The first-order chi connectivity index (χ1) is 11.0. The van der Waals surface area contributed by atoms with Crippen molar-refractivity contribution >= 4 is 15.2 Å². The zero-order chi connectivity index (χ0) is 17.3. The van der Waals surface area contributed by atoms with E-state index < -0.39 is 20.7 Å². The average Bonchev–Trinajstić information content (AvgIpc) is 2.49. The Morgan fingerprint density at radius 1 is 0.826 bits per heavy atom. The molecule has 0 aromatic heterocycles. The number of hydrogen-bond donors (Lipinski definition) is 1. The standard InChI is InChI=1S/C13H30N2O6P2/c1-5-18-22(16,19-6-2)13(15-11-9-14-10-12-15)23(17,20-7-3)21-8-4/h13-14H,5-12H2,1-4H3. The fraction of sp³-hybridized carbons (Fsp3) is 1.00. The number of rotatable bonds is 11. The summed E-state index contributed by atoms with van der Waals surface area (Å²) in [4.78, 5) is 1.84. The lowest BCUT2D eigenvalue weighted by Crippen LogP contribution is -2.48. The number of hydrogen-bond acceptors (Lipinski definition) is 8. The van der Waals surface area contributed by atoms with Crippen molar-refractivity contribution in [2.75, 3.05) is 52.6 Å². The smallest absolute Gasteiger partial charge is 0.314 e. The summed E-state index contributed by atoms with van der Waals surface area (Å²) in [7, 11) is -7.39. The van der Waals surface area contributed by atoms with Crippen LogP contribution in [0.25, 0.3) is 0 Å². The van der Waals surface area contributed by atoms with Gasteiger partial charge >= 0.3 is 15.2 Å². The maximum atomic E-state index is 13.4. The summed E-state index contributed by atoms with van der Waals surface area (Å²) in [6, 6.07) is 0. The molecule has 1 aliphatic rings. The van der Waals surface area contributed by atoms with Gasteiger partial charge in [0.1, 0.15) is 0 Å². The molecule has 0 amide bonds. The van der Waals surface area contributed by atoms with Gasteiger partial charge in [-0.2, -0.15) is 0 Å². The SMILES string of the molecule is CCOP(=O)(OCC)C(N1CCNCC1)P(=O)(OCC)OCC. The van der Waals surface area contributed by atoms with Gasteiger partial charge in [0.25, 0.3) is 0 Å². The Bertz CT molecular complexity index is 381. The Kier molecular flexibility index (Phi) is 9.49. The molecule has 1 N–H and O–H groups in total. The van der Waals surface area contributed by atoms with Gasteiger partial charge < -0.3 is 23.4 Å². The first kappa shape index (κ1) is 21.3. The molecule has 0 spiro atoms. The zero-order valence-corrected chi connectivity index (χ0v) is 16.3. The number of nitrogens with zero attached hydrogens (tertiary/aromatic N) is 1. The Morgan fingerprint density at radius 2 is 1.17 bits per heavy atom. The molecule has 10 heteroatoms. The van der Waals surface area contributed by atoms with Crippen LogP contribution in [0, 0.1) is 0 Å². The van der Waals surface area contributed by atoms with Gasteiger partial charge in [0, 0.05) is 26.2 Å². The molecule has 1 heterocycles. The minimum absolute atomic E-state index is 0.193. The summed E-state index contributed by atoms with van der Waals surface area (Å²) in [6.45, 7) is 10.2. The molecule has 0 aromatic carbocycles. The van der Waals surface area contributed by atoms with Gasteiger partial charge in [-0.05, 0) is 27.7 Å². The molecule has 23 heavy (non-hydrogen) atoms. The van der Waals surface area contributed by atoms with Crippen LogP contribution in [-0.4, -0.2) is 63.0 Å². The lowest BCUT2D eigenvalue weighted by molar-refractivity contribution is 0.144. The summed E-state index contributed by atoms with van der Waals surface area (Å²) in [5, 5.41) is 3.22. The van der Waals surface area contributed by atoms with Crippen LogP contribution in [0.15, 0.2) is 0 Å². The minimum atomic E-state index is -3.69. The van der Waals surface area contributed by atoms with Gasteiger partial charge in [-0.1, -0.05) is 0 Å². The first-order valence-corrected chi connectivity index (χ1v) is 11.4. The highest BCUT2D eigenvalue weighted by atomic mass is 31.2. The predicted octanol–water partition coefficient (Wildman–Crippen LogP) is 2.71. The van der Waals surface area contributed by atoms with Crippen molar-refractivity contribution in [3.8, 4) is 0 Å². The Hall–Kier alpha value is 0.220. The molecule has 0 aromatic rings. The van der Waals surface area contributed by atoms with Crippen molar-refractivity contribution in [1.82, 2.24) is 10.2 Å². The van der Waals surface area contributed by atoms with Crippen LogP contribution in [0.3, 0.4) is 0 Å². The molecule has 1 aliphatic heterocycles. The van der Waals surface area contributed by atoms with Crippen molar-refractivity contribution in [3.05, 3.63) is 0 Å². The van der Waals surface area contributed by atoms with E-state index in [0.29, 0.717) is 26.2 Å². The van der Waals surface area contributed by atoms with Gasteiger partial charge in [0.05, 0.1) is 26.4 Å². The molecular formula is C13H30N2O6P2. The molecule has 1 rings (SSSR count). The van der Waals surface area contributed by atoms with E-state index >= 15 is 0 Å². The van der Waals surface area contributed by atoms with Crippen LogP contribution >= 0.6 is 15.2 Å². The summed E-state index contributed by atoms with van der Waals surface area (Å²) in [5.41, 5.74) is -1.04. The minimum Gasteiger partial charge on any atom is -0.314 e. The van der Waals surface area contributed by atoms with Crippen molar-refractivity contribution in [3.63, 3.8) is 0 Å². The van der Waals surface area contributed by atoms with E-state index in [-0.39, 0.29) is 26.4 Å². The van der Waals surface area contributed by atoms with E-state index in [2.05, 4.69) is 5.32 Å². The summed E-state index contributed by atoms with van der Waals surface area (Å²) >= 11 is 0. The van der Waals surface area contributed by atoms with Crippen molar-refractivity contribution < 1.29 is 27.2 Å². The molecule has 8 nitrogen and oxygen atoms in total. The van der Waals surface area contributed by atoms with Crippen LogP contribution in [0.5, 0.6) is 0 Å². The fourth-order valence-corrected chi connectivity index (χ4v) is 8.12. The highest BCUT2D eigenvalue weighted by Gasteiger charge is 2.54. The highest BCUT2D eigenvalue weighted by molar-refractivity contribution is 7.72. The molecule has 0 bridgehead atoms. The average molecular weight is 372 g/mol. The van der Waals surface area contributed by atoms with Crippen LogP contribution in [-0.2, 0) is 27.2 Å². The predicted molar refractivity (Wildman–Crippen MR) is 89.9 cm³/mol. The maximum Gasteiger partial charge on any atom is 0.360 e. The van der Waals surface area contributed by atoms with E-state index in [9.17, 15) is 9.13 Å². The lowest BCUT2D eigenvalue weighted by Gasteiger charge is -2.40. The van der Waals surface area contributed by atoms with Crippen LogP contribution in [0.2, 0.25) is 0 Å². The van der Waals surface area contributed by atoms with E-state index in [4.69, 9.17) is 18.1 Å². The highest BCUT2D eigenvalue weighted by Crippen LogP contribution is 2.71. The van der Waals surface area contributed by atoms with Gasteiger partial charge in [0.2, 0.25) is 5.52 Å². The molecule has 0 radical (unpaired) electrons. The van der Waals surface area contributed by atoms with E-state index in [1.54, 1.807) is 27.7 Å². The van der Waals surface area contributed by atoms with Gasteiger partial charge in [-0.15, -0.1) is 0 Å². The molecule has 0 saturated carbocycles. The Balaban J connectivity index is 3.27. The molecule has 0 aliphatic carbocycles. The van der Waals surface area contributed by atoms with E-state index in [1.807, 2.05) is 4.90 Å². The van der Waals surface area contributed by atoms with Crippen LogP contribution < -0.4 is 5.32 Å². The fourth-order valence-electron chi connectivity index (χ4n) is 2.55. The molecule has 1 fully saturated rings. The van der Waals surface area contributed by atoms with E-state index in [0.717, 1.165) is 0 Å². The Morgan fingerprint density at radius 3 is 1.48 bits per heavy atom. The van der Waals surface area contributed by atoms with Crippen LogP contribution in [0.1, 0.15) is 27.7 Å². The second kappa shape index (κ2) is 10.3. The van der Waals surface area contributed by atoms with Crippen molar-refractivity contribution in [1.29, 1.82) is 0 Å². The molecule has 0 atom stereocenters. The van der Waals surface area contributed by atoms with Gasteiger partial charge in [0.15, 0.2) is 0 Å². The molecule has 0 unspecified atom stereocenters. The third-order valence-corrected chi connectivity index (χ3v) is 9.23. The van der Waals surface area contributed by atoms with Crippen LogP contribution in [0.4, 0.5) is 0 Å². The van der Waals surface area contributed by atoms with E-state index in [1.165, 1.54) is 0 Å². The molecular weight excluding hydrogens is 342 g/mol. The van der Waals surface area contributed by atoms with Crippen molar-refractivity contribution in [2.45, 2.75) is 33.2 Å². The summed E-state index contributed by atoms with van der Waals surface area (Å²) in [5.74, 6) is 0. The zero-order valence-electron chi connectivity index (χ0n) is 14.5. The Labute approximate surface area is 139 Å². The first-order valence-electron chi connectivity index (χ1n) is 8.19. The topological polar surface area (TPSA) is 86.3 Å². The summed E-state index contributed by atoms with van der Waals surface area (Å²) < 4.78 is 48.6. The van der Waals surface area contributed by atoms with Crippen molar-refractivity contribution in [2.24, 2.45) is 0 Å². The lowest BCUT2D eigenvalue weighted by atomic mass is 10.4. The maximum absolute atomic E-state index is 13.4. The number of piperazine rings is 1. The normalized spacial score (nSPS) is 17.8. The third kappa shape index (κ3) is 5.62. The second-order valence-corrected chi connectivity index (χ2v) is 9.46. The van der Waals surface area contributed by atoms with Gasteiger partial charge in [-0.3, -0.25) is 14.0 Å². The quantitative estimate of drug-likeness (QED) is 0.554. The molecule has 138 valence electrons. The largest absolute Gasteiger partial charge is 0.360 e. The third-order valence-electron chi connectivity index (χ3n) is 3.28. The van der Waals surface area contributed by atoms with Gasteiger partial charge in [-0.25, -0.2) is 0 Å². The molecule has 1 saturated heterocycles. The second-order valence-electron chi connectivity index (χ2n) is 4.88. The monoisotopic (exact) mass is 372 g/mol. The summed E-state index contributed by atoms with van der Waals surface area (Å²) in [6.07, 6.45) is 0.